The Bertz CT molecular complexity index is 721. The van der Waals surface area contributed by atoms with Crippen LogP contribution in [0.15, 0.2) is 47.1 Å². The molecule has 1 aliphatic carbocycles. The number of fused-ring (bicyclic) bond motifs is 4. The number of carbonyl (C=O) groups is 1. The van der Waals surface area contributed by atoms with Gasteiger partial charge in [-0.2, -0.15) is 0 Å². The number of hydrogen-bond donors (Lipinski definition) is 2. The summed E-state index contributed by atoms with van der Waals surface area (Å²) < 4.78 is 0. The first kappa shape index (κ1) is 14.9. The third-order valence-electron chi connectivity index (χ3n) is 4.50. The molecule has 0 radical (unpaired) electrons. The van der Waals surface area contributed by atoms with E-state index < -0.39 is 5.97 Å². The van der Waals surface area contributed by atoms with Gasteiger partial charge in [-0.3, -0.25) is 4.79 Å². The first-order chi connectivity index (χ1) is 10.2. The number of halogens is 1. The Morgan fingerprint density at radius 2 is 2.14 bits per heavy atom. The van der Waals surface area contributed by atoms with Crippen LogP contribution in [0.25, 0.3) is 5.57 Å². The largest absolute Gasteiger partial charge is 0.481 e. The van der Waals surface area contributed by atoms with E-state index in [1.807, 2.05) is 18.2 Å². The minimum absolute atomic E-state index is 0. The summed E-state index contributed by atoms with van der Waals surface area (Å²) in [5.74, 6) is -0.770. The number of nitrogens with zero attached hydrogens (tertiary/aromatic N) is 1. The van der Waals surface area contributed by atoms with Crippen molar-refractivity contribution >= 4 is 35.3 Å². The molecule has 22 heavy (non-hydrogen) atoms. The maximum atomic E-state index is 11.2. The molecule has 4 nitrogen and oxygen atoms in total. The van der Waals surface area contributed by atoms with Crippen molar-refractivity contribution in [2.24, 2.45) is 16.8 Å². The molecule has 2 heterocycles. The van der Waals surface area contributed by atoms with Gasteiger partial charge in [0.2, 0.25) is 0 Å². The van der Waals surface area contributed by atoms with Gasteiger partial charge in [0.05, 0.1) is 17.3 Å². The highest BCUT2D eigenvalue weighted by atomic mass is 35.5. The van der Waals surface area contributed by atoms with Crippen LogP contribution in [-0.2, 0) is 4.79 Å². The van der Waals surface area contributed by atoms with Gasteiger partial charge < -0.3 is 10.4 Å². The third kappa shape index (κ3) is 2.24. The van der Waals surface area contributed by atoms with E-state index in [9.17, 15) is 9.90 Å². The minimum atomic E-state index is -0.708. The highest BCUT2D eigenvalue weighted by Crippen LogP contribution is 2.42. The van der Waals surface area contributed by atoms with Gasteiger partial charge in [-0.15, -0.1) is 12.4 Å². The molecule has 0 spiro atoms. The van der Waals surface area contributed by atoms with Crippen LogP contribution < -0.4 is 5.32 Å². The fourth-order valence-electron chi connectivity index (χ4n) is 3.47. The van der Waals surface area contributed by atoms with Crippen LogP contribution in [0.1, 0.15) is 18.4 Å². The van der Waals surface area contributed by atoms with Gasteiger partial charge in [-0.05, 0) is 25.0 Å². The lowest BCUT2D eigenvalue weighted by Gasteiger charge is -2.31. The van der Waals surface area contributed by atoms with Crippen molar-refractivity contribution in [2.75, 3.05) is 6.54 Å². The number of carboxylic acids is 1. The first-order valence-electron chi connectivity index (χ1n) is 7.30. The predicted octanol–water partition coefficient (Wildman–Crippen LogP) is 3.18. The lowest BCUT2D eigenvalue weighted by molar-refractivity contribution is -0.142. The monoisotopic (exact) mass is 316 g/mol. The quantitative estimate of drug-likeness (QED) is 0.836. The molecule has 1 aromatic carbocycles. The molecule has 2 N–H and O–H groups in total. The average Bonchev–Trinajstić information content (AvgIpc) is 2.75. The lowest BCUT2D eigenvalue weighted by Crippen LogP contribution is -2.38. The van der Waals surface area contributed by atoms with Gasteiger partial charge in [0, 0.05) is 29.3 Å². The number of hydrogen-bond acceptors (Lipinski definition) is 3. The zero-order valence-electron chi connectivity index (χ0n) is 12.0. The molecule has 2 atom stereocenters. The van der Waals surface area contributed by atoms with Crippen molar-refractivity contribution in [3.05, 3.63) is 47.7 Å². The molecule has 2 aliphatic heterocycles. The van der Waals surface area contributed by atoms with Crippen molar-refractivity contribution in [3.8, 4) is 0 Å². The first-order valence-corrected chi connectivity index (χ1v) is 7.30. The summed E-state index contributed by atoms with van der Waals surface area (Å²) in [4.78, 5) is 15.9. The van der Waals surface area contributed by atoms with Crippen molar-refractivity contribution in [3.63, 3.8) is 0 Å². The van der Waals surface area contributed by atoms with E-state index in [4.69, 9.17) is 4.99 Å². The molecule has 3 aliphatic rings. The number of piperidine rings is 1. The highest BCUT2D eigenvalue weighted by molar-refractivity contribution is 6.34. The number of benzene rings is 1. The molecule has 1 fully saturated rings. The minimum Gasteiger partial charge on any atom is -0.481 e. The Hall–Kier alpha value is -2.07. The molecule has 4 rings (SSSR count). The zero-order valence-corrected chi connectivity index (χ0v) is 12.8. The number of rotatable bonds is 1. The second kappa shape index (κ2) is 5.61. The SMILES string of the molecule is Cl.O=C(O)C1CNC2=C3C(=Nc4ccccc43)C=CCC2C1. The molecule has 5 heteroatoms. The number of allylic oxidation sites excluding steroid dienone is 4. The smallest absolute Gasteiger partial charge is 0.308 e. The summed E-state index contributed by atoms with van der Waals surface area (Å²) in [6, 6.07) is 8.14. The summed E-state index contributed by atoms with van der Waals surface area (Å²) >= 11 is 0. The fourth-order valence-corrected chi connectivity index (χ4v) is 3.47. The molecule has 0 aromatic heterocycles. The molecule has 114 valence electrons. The second-order valence-corrected chi connectivity index (χ2v) is 5.79. The van der Waals surface area contributed by atoms with Gasteiger partial charge in [-0.1, -0.05) is 24.3 Å². The van der Waals surface area contributed by atoms with Gasteiger partial charge in [0.15, 0.2) is 0 Å². The van der Waals surface area contributed by atoms with Crippen LogP contribution >= 0.6 is 12.4 Å². The van der Waals surface area contributed by atoms with Crippen LogP contribution in [0, 0.1) is 11.8 Å². The Kier molecular flexibility index (Phi) is 3.79. The van der Waals surface area contributed by atoms with E-state index >= 15 is 0 Å². The van der Waals surface area contributed by atoms with Crippen LogP contribution in [0.5, 0.6) is 0 Å². The molecule has 0 saturated carbocycles. The van der Waals surface area contributed by atoms with E-state index in [0.29, 0.717) is 13.0 Å². The van der Waals surface area contributed by atoms with E-state index in [1.165, 1.54) is 5.70 Å². The number of aliphatic imine (C=N–C) groups is 1. The molecular weight excluding hydrogens is 300 g/mol. The number of para-hydroxylation sites is 1. The normalized spacial score (nSPS) is 25.0. The molecule has 1 saturated heterocycles. The predicted molar refractivity (Wildman–Crippen MR) is 88.7 cm³/mol. The highest BCUT2D eigenvalue weighted by Gasteiger charge is 2.35. The van der Waals surface area contributed by atoms with Crippen LogP contribution in [0.4, 0.5) is 5.69 Å². The summed E-state index contributed by atoms with van der Waals surface area (Å²) in [6.07, 6.45) is 5.75. The molecule has 2 unspecified atom stereocenters. The van der Waals surface area contributed by atoms with Crippen molar-refractivity contribution in [1.29, 1.82) is 0 Å². The summed E-state index contributed by atoms with van der Waals surface area (Å²) in [5, 5.41) is 12.6. The summed E-state index contributed by atoms with van der Waals surface area (Å²) in [5.41, 5.74) is 5.48. The summed E-state index contributed by atoms with van der Waals surface area (Å²) in [6.45, 7) is 0.500. The topological polar surface area (TPSA) is 61.7 Å². The number of carboxylic acid groups (broad SMARTS) is 1. The van der Waals surface area contributed by atoms with Crippen molar-refractivity contribution in [2.45, 2.75) is 12.8 Å². The lowest BCUT2D eigenvalue weighted by atomic mass is 9.83. The second-order valence-electron chi connectivity index (χ2n) is 5.79. The zero-order chi connectivity index (χ0) is 14.4. The van der Waals surface area contributed by atoms with Gasteiger partial charge >= 0.3 is 5.97 Å². The maximum Gasteiger partial charge on any atom is 0.308 e. The van der Waals surface area contributed by atoms with Crippen LogP contribution in [0.2, 0.25) is 0 Å². The molecule has 0 amide bonds. The summed E-state index contributed by atoms with van der Waals surface area (Å²) in [7, 11) is 0. The Labute approximate surface area is 135 Å². The van der Waals surface area contributed by atoms with E-state index in [0.717, 1.165) is 29.0 Å². The maximum absolute atomic E-state index is 11.2. The van der Waals surface area contributed by atoms with Gasteiger partial charge in [0.25, 0.3) is 0 Å². The number of nitrogens with one attached hydrogen (secondary N) is 1. The van der Waals surface area contributed by atoms with Crippen LogP contribution in [-0.4, -0.2) is 23.3 Å². The van der Waals surface area contributed by atoms with E-state index in [1.54, 1.807) is 0 Å². The molecule has 1 aromatic rings. The Morgan fingerprint density at radius 3 is 2.95 bits per heavy atom. The molecular formula is C17H17ClN2O2. The third-order valence-corrected chi connectivity index (χ3v) is 4.50. The van der Waals surface area contributed by atoms with Crippen molar-refractivity contribution < 1.29 is 9.90 Å². The Balaban J connectivity index is 0.00000144. The van der Waals surface area contributed by atoms with E-state index in [2.05, 4.69) is 23.5 Å². The average molecular weight is 317 g/mol. The standard InChI is InChI=1S/C17H16N2O2.ClH/c20-17(21)11-8-10-4-3-7-14-15(16(10)18-9-11)12-5-1-2-6-13(12)19-14;/h1-3,5-7,10-11,18H,4,8-9H2,(H,20,21);1H. The van der Waals surface area contributed by atoms with Crippen molar-refractivity contribution in [1.82, 2.24) is 5.32 Å². The van der Waals surface area contributed by atoms with E-state index in [-0.39, 0.29) is 24.2 Å². The Morgan fingerprint density at radius 1 is 1.32 bits per heavy atom. The van der Waals surface area contributed by atoms with Crippen LogP contribution in [0.3, 0.4) is 0 Å². The molecule has 0 bridgehead atoms. The fraction of sp³-hybridized carbons (Fsp3) is 0.294. The van der Waals surface area contributed by atoms with Gasteiger partial charge in [-0.25, -0.2) is 4.99 Å². The van der Waals surface area contributed by atoms with Gasteiger partial charge in [0.1, 0.15) is 0 Å². The number of aliphatic carboxylic acids is 1.